The predicted octanol–water partition coefficient (Wildman–Crippen LogP) is 4.80. The minimum Gasteiger partial charge on any atom is -0.497 e. The molecule has 2 N–H and O–H groups in total. The average Bonchev–Trinajstić information content (AvgIpc) is 3.01. The van der Waals surface area contributed by atoms with Crippen molar-refractivity contribution in [2.24, 2.45) is 4.99 Å². The zero-order chi connectivity index (χ0) is 19.2. The normalized spacial score (nSPS) is 11.2. The molecule has 1 aromatic heterocycles. The van der Waals surface area contributed by atoms with Crippen LogP contribution in [-0.4, -0.2) is 24.6 Å². The number of hydrogen-bond acceptors (Lipinski definition) is 4. The Hall–Kier alpha value is -1.87. The molecule has 3 aromatic rings. The number of fused-ring (bicyclic) bond motifs is 1. The molecule has 28 heavy (non-hydrogen) atoms. The van der Waals surface area contributed by atoms with Crippen LogP contribution in [0.1, 0.15) is 28.1 Å². The number of nitrogens with zero attached hydrogens (tertiary/aromatic N) is 2. The third-order valence-electron chi connectivity index (χ3n) is 4.36. The predicted molar refractivity (Wildman–Crippen MR) is 129 cm³/mol. The molecule has 1 heterocycles. The van der Waals surface area contributed by atoms with Crippen molar-refractivity contribution in [1.82, 2.24) is 15.6 Å². The van der Waals surface area contributed by atoms with Gasteiger partial charge in [0.15, 0.2) is 5.96 Å². The van der Waals surface area contributed by atoms with Gasteiger partial charge in [0.2, 0.25) is 0 Å². The summed E-state index contributed by atoms with van der Waals surface area (Å²) in [6, 6.07) is 12.5. The molecule has 0 aliphatic rings. The monoisotopic (exact) mass is 510 g/mol. The van der Waals surface area contributed by atoms with Crippen molar-refractivity contribution in [3.8, 4) is 5.75 Å². The lowest BCUT2D eigenvalue weighted by Gasteiger charge is -2.10. The third-order valence-corrected chi connectivity index (χ3v) is 5.43. The summed E-state index contributed by atoms with van der Waals surface area (Å²) in [4.78, 5) is 10.6. The number of thiazole rings is 1. The van der Waals surface area contributed by atoms with Gasteiger partial charge in [-0.1, -0.05) is 18.2 Å². The van der Waals surface area contributed by atoms with E-state index in [4.69, 9.17) is 9.73 Å². The first-order chi connectivity index (χ1) is 13.1. The van der Waals surface area contributed by atoms with Crippen LogP contribution in [0.4, 0.5) is 0 Å². The van der Waals surface area contributed by atoms with Crippen LogP contribution < -0.4 is 15.4 Å². The van der Waals surface area contributed by atoms with Gasteiger partial charge in [-0.2, -0.15) is 0 Å². The van der Waals surface area contributed by atoms with Crippen molar-refractivity contribution in [2.45, 2.75) is 33.9 Å². The van der Waals surface area contributed by atoms with Gasteiger partial charge in [-0.25, -0.2) is 9.98 Å². The average molecular weight is 510 g/mol. The summed E-state index contributed by atoms with van der Waals surface area (Å²) in [5, 5.41) is 10.1. The number of benzene rings is 2. The maximum Gasteiger partial charge on any atom is 0.191 e. The number of aromatic nitrogens is 1. The van der Waals surface area contributed by atoms with Gasteiger partial charge in [0.1, 0.15) is 10.8 Å². The zero-order valence-electron chi connectivity index (χ0n) is 16.7. The van der Waals surface area contributed by atoms with Crippen molar-refractivity contribution < 1.29 is 4.74 Å². The molecule has 0 unspecified atom stereocenters. The van der Waals surface area contributed by atoms with Crippen molar-refractivity contribution in [2.75, 3.05) is 13.7 Å². The van der Waals surface area contributed by atoms with Gasteiger partial charge < -0.3 is 15.4 Å². The molecular formula is C21H27IN4OS. The lowest BCUT2D eigenvalue weighted by Crippen LogP contribution is -2.36. The van der Waals surface area contributed by atoms with Crippen molar-refractivity contribution in [1.29, 1.82) is 0 Å². The summed E-state index contributed by atoms with van der Waals surface area (Å²) in [5.74, 6) is 1.68. The van der Waals surface area contributed by atoms with E-state index in [0.717, 1.165) is 29.0 Å². The van der Waals surface area contributed by atoms with Crippen LogP contribution in [0.2, 0.25) is 0 Å². The van der Waals surface area contributed by atoms with Gasteiger partial charge in [0.25, 0.3) is 0 Å². The second-order valence-corrected chi connectivity index (χ2v) is 7.63. The Morgan fingerprint density at radius 1 is 1.11 bits per heavy atom. The summed E-state index contributed by atoms with van der Waals surface area (Å²) in [7, 11) is 1.69. The number of halogens is 1. The Morgan fingerprint density at radius 2 is 1.86 bits per heavy atom. The highest BCUT2D eigenvalue weighted by atomic mass is 127. The molecule has 0 bridgehead atoms. The molecule has 0 amide bonds. The van der Waals surface area contributed by atoms with Crippen LogP contribution in [0.15, 0.2) is 41.4 Å². The van der Waals surface area contributed by atoms with E-state index in [1.807, 2.05) is 19.1 Å². The number of nitrogens with one attached hydrogen (secondary N) is 2. The maximum atomic E-state index is 5.29. The van der Waals surface area contributed by atoms with Crippen LogP contribution in [0.5, 0.6) is 5.75 Å². The molecule has 0 saturated heterocycles. The van der Waals surface area contributed by atoms with Crippen LogP contribution in [0, 0.1) is 13.8 Å². The van der Waals surface area contributed by atoms with E-state index >= 15 is 0 Å². The Bertz CT molecular complexity index is 935. The van der Waals surface area contributed by atoms with Gasteiger partial charge in [0, 0.05) is 11.4 Å². The second-order valence-electron chi connectivity index (χ2n) is 6.35. The van der Waals surface area contributed by atoms with E-state index in [-0.39, 0.29) is 24.0 Å². The van der Waals surface area contributed by atoms with Gasteiger partial charge >= 0.3 is 0 Å². The highest BCUT2D eigenvalue weighted by molar-refractivity contribution is 14.0. The molecule has 0 fully saturated rings. The number of aliphatic imine (C=N–C) groups is 1. The van der Waals surface area contributed by atoms with Crippen LogP contribution in [0.3, 0.4) is 0 Å². The Balaban J connectivity index is 0.00000280. The fourth-order valence-electron chi connectivity index (χ4n) is 2.78. The molecule has 2 aromatic carbocycles. The van der Waals surface area contributed by atoms with Gasteiger partial charge in [-0.15, -0.1) is 35.3 Å². The minimum absolute atomic E-state index is 0. The van der Waals surface area contributed by atoms with E-state index in [0.29, 0.717) is 13.1 Å². The van der Waals surface area contributed by atoms with Gasteiger partial charge in [0.05, 0.1) is 25.9 Å². The SMILES string of the molecule is CCNC(=NCc1ccc2cc(OC)ccc2c1)NCc1nc(C)c(C)s1.I. The molecule has 0 atom stereocenters. The number of ether oxygens (including phenoxy) is 1. The first-order valence-electron chi connectivity index (χ1n) is 9.11. The highest BCUT2D eigenvalue weighted by Crippen LogP contribution is 2.22. The van der Waals surface area contributed by atoms with Crippen LogP contribution in [-0.2, 0) is 13.1 Å². The Labute approximate surface area is 187 Å². The van der Waals surface area contributed by atoms with Gasteiger partial charge in [-0.05, 0) is 55.3 Å². The maximum absolute atomic E-state index is 5.29. The number of methoxy groups -OCH3 is 1. The molecule has 0 aliphatic heterocycles. The lowest BCUT2D eigenvalue weighted by atomic mass is 10.1. The van der Waals surface area contributed by atoms with Crippen LogP contribution >= 0.6 is 35.3 Å². The quantitative estimate of drug-likeness (QED) is 0.284. The number of rotatable bonds is 6. The van der Waals surface area contributed by atoms with E-state index < -0.39 is 0 Å². The van der Waals surface area contributed by atoms with E-state index in [2.05, 4.69) is 53.7 Å². The van der Waals surface area contributed by atoms with Crippen molar-refractivity contribution in [3.63, 3.8) is 0 Å². The highest BCUT2D eigenvalue weighted by Gasteiger charge is 2.05. The van der Waals surface area contributed by atoms with Crippen molar-refractivity contribution >= 4 is 52.0 Å². The number of aryl methyl sites for hydroxylation is 2. The molecule has 7 heteroatoms. The molecular weight excluding hydrogens is 483 g/mol. The standard InChI is InChI=1S/C21H26N4OS.HI/c1-5-22-21(24-13-20-25-14(2)15(3)27-20)23-12-16-6-7-18-11-19(26-4)9-8-17(18)10-16;/h6-11H,5,12-13H2,1-4H3,(H2,22,23,24);1H. The third kappa shape index (κ3) is 5.81. The Morgan fingerprint density at radius 3 is 2.54 bits per heavy atom. The molecule has 0 radical (unpaired) electrons. The molecule has 5 nitrogen and oxygen atoms in total. The lowest BCUT2D eigenvalue weighted by molar-refractivity contribution is 0.415. The zero-order valence-corrected chi connectivity index (χ0v) is 19.9. The summed E-state index contributed by atoms with van der Waals surface area (Å²) in [6.45, 7) is 8.34. The fraction of sp³-hybridized carbons (Fsp3) is 0.333. The summed E-state index contributed by atoms with van der Waals surface area (Å²) in [6.07, 6.45) is 0. The van der Waals surface area contributed by atoms with Gasteiger partial charge in [-0.3, -0.25) is 0 Å². The summed E-state index contributed by atoms with van der Waals surface area (Å²) >= 11 is 1.73. The smallest absolute Gasteiger partial charge is 0.191 e. The van der Waals surface area contributed by atoms with E-state index in [1.54, 1.807) is 18.4 Å². The van der Waals surface area contributed by atoms with E-state index in [1.165, 1.54) is 21.2 Å². The van der Waals surface area contributed by atoms with E-state index in [9.17, 15) is 0 Å². The van der Waals surface area contributed by atoms with Crippen LogP contribution in [0.25, 0.3) is 10.8 Å². The summed E-state index contributed by atoms with van der Waals surface area (Å²) in [5.41, 5.74) is 2.28. The Kier molecular flexibility index (Phi) is 8.50. The first-order valence-corrected chi connectivity index (χ1v) is 9.92. The molecule has 150 valence electrons. The van der Waals surface area contributed by atoms with Crippen molar-refractivity contribution in [3.05, 3.63) is 57.5 Å². The number of hydrogen-bond donors (Lipinski definition) is 2. The number of guanidine groups is 1. The minimum atomic E-state index is 0. The first kappa shape index (κ1) is 22.4. The largest absolute Gasteiger partial charge is 0.497 e. The summed E-state index contributed by atoms with van der Waals surface area (Å²) < 4.78 is 5.29. The topological polar surface area (TPSA) is 58.5 Å². The molecule has 0 aliphatic carbocycles. The fourth-order valence-corrected chi connectivity index (χ4v) is 3.66. The molecule has 0 spiro atoms. The molecule has 3 rings (SSSR count). The molecule has 0 saturated carbocycles. The second kappa shape index (κ2) is 10.6.